The maximum Gasteiger partial charge on any atom is 0.0558 e. The molecule has 0 atom stereocenters. The van der Waals surface area contributed by atoms with E-state index in [1.807, 2.05) is 12.1 Å². The van der Waals surface area contributed by atoms with Crippen molar-refractivity contribution in [1.82, 2.24) is 0 Å². The van der Waals surface area contributed by atoms with Crippen molar-refractivity contribution < 1.29 is 0 Å². The molecular weight excluding hydrogens is 326 g/mol. The van der Waals surface area contributed by atoms with Crippen molar-refractivity contribution in [3.8, 4) is 0 Å². The highest BCUT2D eigenvalue weighted by Crippen LogP contribution is 2.26. The zero-order valence-corrected chi connectivity index (χ0v) is 9.79. The molecule has 0 aliphatic heterocycles. The minimum atomic E-state index is 0.773. The number of aryl methyl sites for hydroxylation is 1. The smallest absolute Gasteiger partial charge is 0.0558 e. The molecule has 0 nitrogen and oxygen atoms in total. The molecular formula is C7H5BrClI. The van der Waals surface area contributed by atoms with Crippen LogP contribution in [-0.2, 0) is 0 Å². The average molecular weight is 331 g/mol. The third kappa shape index (κ3) is 1.86. The summed E-state index contributed by atoms with van der Waals surface area (Å²) < 4.78 is 2.16. The molecule has 54 valence electrons. The van der Waals surface area contributed by atoms with Gasteiger partial charge >= 0.3 is 0 Å². The molecule has 0 amide bonds. The van der Waals surface area contributed by atoms with Crippen molar-refractivity contribution in [2.45, 2.75) is 6.92 Å². The van der Waals surface area contributed by atoms with Crippen LogP contribution in [0.3, 0.4) is 0 Å². The molecule has 0 N–H and O–H groups in total. The molecule has 0 aromatic heterocycles. The Morgan fingerprint density at radius 1 is 1.50 bits per heavy atom. The minimum Gasteiger partial charge on any atom is -0.0831 e. The summed E-state index contributed by atoms with van der Waals surface area (Å²) in [4.78, 5) is 0. The van der Waals surface area contributed by atoms with Crippen LogP contribution in [0.1, 0.15) is 5.56 Å². The quantitative estimate of drug-likeness (QED) is 0.498. The Bertz CT molecular complexity index is 210. The zero-order chi connectivity index (χ0) is 7.72. The Labute approximate surface area is 87.2 Å². The van der Waals surface area contributed by atoms with Gasteiger partial charge in [0.25, 0.3) is 0 Å². The van der Waals surface area contributed by atoms with Crippen LogP contribution in [0.4, 0.5) is 0 Å². The molecule has 1 aromatic rings. The van der Waals surface area contributed by atoms with Gasteiger partial charge in [0.2, 0.25) is 0 Å². The van der Waals surface area contributed by atoms with Crippen LogP contribution in [0.5, 0.6) is 0 Å². The molecule has 0 saturated carbocycles. The van der Waals surface area contributed by atoms with Crippen LogP contribution in [0.2, 0.25) is 5.02 Å². The monoisotopic (exact) mass is 330 g/mol. The number of hydrogen-bond donors (Lipinski definition) is 0. The van der Waals surface area contributed by atoms with E-state index in [0.717, 1.165) is 9.50 Å². The van der Waals surface area contributed by atoms with Gasteiger partial charge in [-0.15, -0.1) is 0 Å². The van der Waals surface area contributed by atoms with E-state index >= 15 is 0 Å². The van der Waals surface area contributed by atoms with E-state index in [0.29, 0.717) is 0 Å². The lowest BCUT2D eigenvalue weighted by Gasteiger charge is -1.99. The molecule has 0 heterocycles. The number of benzene rings is 1. The first-order valence-corrected chi connectivity index (χ1v) is 4.97. The van der Waals surface area contributed by atoms with Crippen molar-refractivity contribution in [2.24, 2.45) is 0 Å². The van der Waals surface area contributed by atoms with Crippen LogP contribution >= 0.6 is 50.1 Å². The molecule has 1 rings (SSSR count). The van der Waals surface area contributed by atoms with Crippen molar-refractivity contribution in [1.29, 1.82) is 0 Å². The summed E-state index contributed by atoms with van der Waals surface area (Å²) in [6, 6.07) is 3.96. The topological polar surface area (TPSA) is 0 Å². The minimum absolute atomic E-state index is 0.773. The molecule has 0 aliphatic carbocycles. The van der Waals surface area contributed by atoms with Gasteiger partial charge in [0.05, 0.1) is 5.02 Å². The fourth-order valence-corrected chi connectivity index (χ4v) is 1.89. The number of rotatable bonds is 0. The lowest BCUT2D eigenvalue weighted by Crippen LogP contribution is -1.79. The van der Waals surface area contributed by atoms with Crippen molar-refractivity contribution in [3.05, 3.63) is 30.8 Å². The molecule has 0 spiro atoms. The Morgan fingerprint density at radius 3 is 2.60 bits per heavy atom. The van der Waals surface area contributed by atoms with Crippen molar-refractivity contribution >= 4 is 50.1 Å². The molecule has 0 saturated heterocycles. The van der Waals surface area contributed by atoms with Gasteiger partial charge in [-0.1, -0.05) is 11.6 Å². The highest BCUT2D eigenvalue weighted by molar-refractivity contribution is 14.1. The Hall–Kier alpha value is 0.720. The normalized spacial score (nSPS) is 10.0. The second-order valence-electron chi connectivity index (χ2n) is 2.02. The fourth-order valence-electron chi connectivity index (χ4n) is 0.622. The Balaban J connectivity index is 3.28. The first-order valence-electron chi connectivity index (χ1n) is 2.72. The van der Waals surface area contributed by atoms with E-state index in [2.05, 4.69) is 45.4 Å². The lowest BCUT2D eigenvalue weighted by atomic mass is 10.2. The molecule has 1 aromatic carbocycles. The van der Waals surface area contributed by atoms with E-state index in [4.69, 9.17) is 11.6 Å². The molecule has 0 bridgehead atoms. The van der Waals surface area contributed by atoms with Gasteiger partial charge < -0.3 is 0 Å². The molecule has 3 heteroatoms. The van der Waals surface area contributed by atoms with E-state index in [1.165, 1.54) is 9.13 Å². The van der Waals surface area contributed by atoms with Gasteiger partial charge in [-0.2, -0.15) is 0 Å². The zero-order valence-electron chi connectivity index (χ0n) is 5.29. The highest BCUT2D eigenvalue weighted by Gasteiger charge is 1.99. The molecule has 0 radical (unpaired) electrons. The van der Waals surface area contributed by atoms with Crippen molar-refractivity contribution in [3.63, 3.8) is 0 Å². The third-order valence-corrected chi connectivity index (χ3v) is 3.56. The van der Waals surface area contributed by atoms with Crippen LogP contribution in [-0.4, -0.2) is 0 Å². The Kier molecular flexibility index (Phi) is 3.01. The van der Waals surface area contributed by atoms with E-state index < -0.39 is 0 Å². The maximum atomic E-state index is 5.83. The van der Waals surface area contributed by atoms with Gasteiger partial charge in [-0.25, -0.2) is 0 Å². The summed E-state index contributed by atoms with van der Waals surface area (Å²) in [5.74, 6) is 0. The van der Waals surface area contributed by atoms with Crippen LogP contribution in [0.25, 0.3) is 0 Å². The summed E-state index contributed by atoms with van der Waals surface area (Å²) in [6.07, 6.45) is 0. The van der Waals surface area contributed by atoms with Gasteiger partial charge in [0, 0.05) is 8.04 Å². The summed E-state index contributed by atoms with van der Waals surface area (Å²) in [7, 11) is 0. The number of hydrogen-bond acceptors (Lipinski definition) is 0. The first-order chi connectivity index (χ1) is 4.61. The summed E-state index contributed by atoms with van der Waals surface area (Å²) in [6.45, 7) is 2.06. The lowest BCUT2D eigenvalue weighted by molar-refractivity contribution is 1.41. The Morgan fingerprint density at radius 2 is 2.10 bits per heavy atom. The van der Waals surface area contributed by atoms with Crippen molar-refractivity contribution in [2.75, 3.05) is 0 Å². The summed E-state index contributed by atoms with van der Waals surface area (Å²) >= 11 is 11.4. The fraction of sp³-hybridized carbons (Fsp3) is 0.143. The van der Waals surface area contributed by atoms with Gasteiger partial charge in [-0.3, -0.25) is 0 Å². The van der Waals surface area contributed by atoms with Gasteiger partial charge in [0.15, 0.2) is 0 Å². The first kappa shape index (κ1) is 8.81. The summed E-state index contributed by atoms with van der Waals surface area (Å²) in [5, 5.41) is 0.773. The van der Waals surface area contributed by atoms with E-state index in [1.54, 1.807) is 0 Å². The summed E-state index contributed by atoms with van der Waals surface area (Å²) in [5.41, 5.74) is 1.25. The largest absolute Gasteiger partial charge is 0.0831 e. The molecule has 10 heavy (non-hydrogen) atoms. The van der Waals surface area contributed by atoms with Gasteiger partial charge in [0.1, 0.15) is 0 Å². The molecule has 0 fully saturated rings. The van der Waals surface area contributed by atoms with Crippen LogP contribution in [0.15, 0.2) is 16.6 Å². The second-order valence-corrected chi connectivity index (χ2v) is 4.44. The highest BCUT2D eigenvalue weighted by atomic mass is 127. The third-order valence-electron chi connectivity index (χ3n) is 1.20. The van der Waals surface area contributed by atoms with Crippen LogP contribution < -0.4 is 0 Å². The molecule has 0 aliphatic rings. The predicted molar refractivity (Wildman–Crippen MR) is 56.6 cm³/mol. The standard InChI is InChI=1S/C7H5BrClI/c1-4-2-5(8)6(9)3-7(4)10/h2-3H,1H3. The predicted octanol–water partition coefficient (Wildman–Crippen LogP) is 4.02. The van der Waals surface area contributed by atoms with Crippen LogP contribution in [0, 0.1) is 10.5 Å². The van der Waals surface area contributed by atoms with E-state index in [9.17, 15) is 0 Å². The average Bonchev–Trinajstić information content (AvgIpc) is 1.84. The van der Waals surface area contributed by atoms with E-state index in [-0.39, 0.29) is 0 Å². The number of halogens is 3. The SMILES string of the molecule is Cc1cc(Br)c(Cl)cc1I. The second kappa shape index (κ2) is 3.41. The van der Waals surface area contributed by atoms with Gasteiger partial charge in [-0.05, 0) is 63.1 Å². The maximum absolute atomic E-state index is 5.83. The molecule has 0 unspecified atom stereocenters.